The number of amides is 1. The van der Waals surface area contributed by atoms with Gasteiger partial charge in [-0.25, -0.2) is 0 Å². The van der Waals surface area contributed by atoms with Crippen LogP contribution in [-0.2, 0) is 11.3 Å². The first-order chi connectivity index (χ1) is 11.6. The van der Waals surface area contributed by atoms with Crippen molar-refractivity contribution < 1.29 is 9.53 Å². The lowest BCUT2D eigenvalue weighted by atomic mass is 10.0. The SMILES string of the molecule is CCn1cnnc1[C@@H]1CN(C(=O)c2ccc(C#N)cc2C)CCO1. The van der Waals surface area contributed by atoms with Crippen molar-refractivity contribution in [3.05, 3.63) is 47.0 Å². The van der Waals surface area contributed by atoms with Gasteiger partial charge in [-0.15, -0.1) is 10.2 Å². The summed E-state index contributed by atoms with van der Waals surface area (Å²) in [4.78, 5) is 14.6. The third kappa shape index (κ3) is 3.01. The van der Waals surface area contributed by atoms with Crippen LogP contribution in [0.25, 0.3) is 0 Å². The molecule has 0 N–H and O–H groups in total. The first kappa shape index (κ1) is 16.1. The van der Waals surface area contributed by atoms with Gasteiger partial charge in [0.25, 0.3) is 5.91 Å². The van der Waals surface area contributed by atoms with Crippen LogP contribution in [0.3, 0.4) is 0 Å². The summed E-state index contributed by atoms with van der Waals surface area (Å²) in [6.07, 6.45) is 1.40. The predicted octanol–water partition coefficient (Wildman–Crippen LogP) is 1.69. The van der Waals surface area contributed by atoms with Gasteiger partial charge in [0.1, 0.15) is 12.4 Å². The van der Waals surface area contributed by atoms with Crippen LogP contribution < -0.4 is 0 Å². The number of ether oxygens (including phenoxy) is 1. The molecule has 2 heterocycles. The molecular weight excluding hydrogens is 306 g/mol. The van der Waals surface area contributed by atoms with Crippen LogP contribution in [0, 0.1) is 18.3 Å². The molecule has 1 aromatic heterocycles. The quantitative estimate of drug-likeness (QED) is 0.857. The Kier molecular flexibility index (Phi) is 4.58. The number of aryl methyl sites for hydroxylation is 2. The standard InChI is InChI=1S/C17H19N5O2/c1-3-21-11-19-20-16(21)15-10-22(6-7-24-15)17(23)14-5-4-13(9-18)8-12(14)2/h4-5,8,11,15H,3,6-7,10H2,1-2H3/t15-/m0/s1. The fourth-order valence-electron chi connectivity index (χ4n) is 2.89. The van der Waals surface area contributed by atoms with Crippen LogP contribution in [0.15, 0.2) is 24.5 Å². The lowest BCUT2D eigenvalue weighted by molar-refractivity contribution is -0.0284. The number of rotatable bonds is 3. The zero-order valence-electron chi connectivity index (χ0n) is 13.8. The Hall–Kier alpha value is -2.72. The van der Waals surface area contributed by atoms with Crippen LogP contribution >= 0.6 is 0 Å². The molecule has 0 unspecified atom stereocenters. The molecule has 0 spiro atoms. The van der Waals surface area contributed by atoms with E-state index in [1.54, 1.807) is 29.4 Å². The van der Waals surface area contributed by atoms with E-state index in [4.69, 9.17) is 10.00 Å². The van der Waals surface area contributed by atoms with Crippen molar-refractivity contribution in [3.63, 3.8) is 0 Å². The normalized spacial score (nSPS) is 17.5. The van der Waals surface area contributed by atoms with E-state index in [0.717, 1.165) is 17.9 Å². The number of benzene rings is 1. The van der Waals surface area contributed by atoms with Crippen molar-refractivity contribution >= 4 is 5.91 Å². The second-order valence-corrected chi connectivity index (χ2v) is 5.73. The summed E-state index contributed by atoms with van der Waals surface area (Å²) in [6, 6.07) is 7.21. The summed E-state index contributed by atoms with van der Waals surface area (Å²) in [5, 5.41) is 17.0. The van der Waals surface area contributed by atoms with Gasteiger partial charge in [-0.3, -0.25) is 4.79 Å². The van der Waals surface area contributed by atoms with Gasteiger partial charge in [0, 0.05) is 18.7 Å². The van der Waals surface area contributed by atoms with E-state index in [-0.39, 0.29) is 12.0 Å². The third-order valence-corrected chi connectivity index (χ3v) is 4.21. The molecule has 1 amide bonds. The molecule has 1 aliphatic rings. The smallest absolute Gasteiger partial charge is 0.254 e. The highest BCUT2D eigenvalue weighted by molar-refractivity contribution is 5.95. The fraction of sp³-hybridized carbons (Fsp3) is 0.412. The maximum absolute atomic E-state index is 12.8. The van der Waals surface area contributed by atoms with Gasteiger partial charge < -0.3 is 14.2 Å². The van der Waals surface area contributed by atoms with Crippen molar-refractivity contribution in [1.29, 1.82) is 5.26 Å². The summed E-state index contributed by atoms with van der Waals surface area (Å²) in [7, 11) is 0. The van der Waals surface area contributed by atoms with E-state index in [2.05, 4.69) is 16.3 Å². The molecule has 24 heavy (non-hydrogen) atoms. The number of carbonyl (C=O) groups is 1. The topological polar surface area (TPSA) is 84.0 Å². The highest BCUT2D eigenvalue weighted by atomic mass is 16.5. The van der Waals surface area contributed by atoms with Gasteiger partial charge >= 0.3 is 0 Å². The van der Waals surface area contributed by atoms with E-state index in [9.17, 15) is 4.79 Å². The Morgan fingerprint density at radius 2 is 2.33 bits per heavy atom. The fourth-order valence-corrected chi connectivity index (χ4v) is 2.89. The minimum absolute atomic E-state index is 0.0483. The number of nitriles is 1. The molecule has 1 aliphatic heterocycles. The number of morpholine rings is 1. The average Bonchev–Trinajstić information content (AvgIpc) is 3.10. The summed E-state index contributed by atoms with van der Waals surface area (Å²) >= 11 is 0. The maximum Gasteiger partial charge on any atom is 0.254 e. The molecule has 0 aliphatic carbocycles. The largest absolute Gasteiger partial charge is 0.366 e. The third-order valence-electron chi connectivity index (χ3n) is 4.21. The van der Waals surface area contributed by atoms with E-state index in [1.807, 2.05) is 18.4 Å². The molecule has 124 valence electrons. The highest BCUT2D eigenvalue weighted by Gasteiger charge is 2.29. The van der Waals surface area contributed by atoms with E-state index < -0.39 is 0 Å². The molecule has 1 atom stereocenters. The Morgan fingerprint density at radius 3 is 3.04 bits per heavy atom. The number of carbonyl (C=O) groups excluding carboxylic acids is 1. The Balaban J connectivity index is 1.80. The number of hydrogen-bond acceptors (Lipinski definition) is 5. The Morgan fingerprint density at radius 1 is 1.50 bits per heavy atom. The lowest BCUT2D eigenvalue weighted by Gasteiger charge is -2.32. The zero-order valence-corrected chi connectivity index (χ0v) is 13.8. The van der Waals surface area contributed by atoms with Crippen molar-refractivity contribution in [2.45, 2.75) is 26.5 Å². The molecule has 0 saturated carbocycles. The lowest BCUT2D eigenvalue weighted by Crippen LogP contribution is -2.43. The van der Waals surface area contributed by atoms with Crippen LogP contribution in [0.5, 0.6) is 0 Å². The van der Waals surface area contributed by atoms with Gasteiger partial charge in [-0.05, 0) is 37.6 Å². The van der Waals surface area contributed by atoms with E-state index in [0.29, 0.717) is 30.8 Å². The number of aromatic nitrogens is 3. The van der Waals surface area contributed by atoms with E-state index >= 15 is 0 Å². The molecule has 2 aromatic rings. The molecule has 1 saturated heterocycles. The van der Waals surface area contributed by atoms with Crippen molar-refractivity contribution in [3.8, 4) is 6.07 Å². The summed E-state index contributed by atoms with van der Waals surface area (Å²) < 4.78 is 7.71. The van der Waals surface area contributed by atoms with Gasteiger partial charge in [-0.1, -0.05) is 0 Å². The Labute approximate surface area is 140 Å². The molecule has 0 radical (unpaired) electrons. The number of hydrogen-bond donors (Lipinski definition) is 0. The molecule has 1 fully saturated rings. The Bertz CT molecular complexity index is 793. The molecule has 0 bridgehead atoms. The van der Waals surface area contributed by atoms with E-state index in [1.165, 1.54) is 0 Å². The van der Waals surface area contributed by atoms with Crippen LogP contribution in [0.4, 0.5) is 0 Å². The van der Waals surface area contributed by atoms with Gasteiger partial charge in [0.2, 0.25) is 0 Å². The van der Waals surface area contributed by atoms with Crippen LogP contribution in [0.1, 0.15) is 40.3 Å². The van der Waals surface area contributed by atoms with Crippen molar-refractivity contribution in [2.75, 3.05) is 19.7 Å². The van der Waals surface area contributed by atoms with Gasteiger partial charge in [0.05, 0.1) is 24.8 Å². The monoisotopic (exact) mass is 325 g/mol. The predicted molar refractivity (Wildman–Crippen MR) is 86.2 cm³/mol. The first-order valence-electron chi connectivity index (χ1n) is 7.93. The first-order valence-corrected chi connectivity index (χ1v) is 7.93. The minimum Gasteiger partial charge on any atom is -0.366 e. The maximum atomic E-state index is 12.8. The summed E-state index contributed by atoms with van der Waals surface area (Å²) in [5.74, 6) is 0.694. The second-order valence-electron chi connectivity index (χ2n) is 5.73. The van der Waals surface area contributed by atoms with Gasteiger partial charge in [-0.2, -0.15) is 5.26 Å². The minimum atomic E-state index is -0.274. The molecule has 7 heteroatoms. The highest BCUT2D eigenvalue weighted by Crippen LogP contribution is 2.23. The molecule has 7 nitrogen and oxygen atoms in total. The van der Waals surface area contributed by atoms with Crippen molar-refractivity contribution in [2.24, 2.45) is 0 Å². The summed E-state index contributed by atoms with van der Waals surface area (Å²) in [5.41, 5.74) is 1.98. The molecule has 3 rings (SSSR count). The van der Waals surface area contributed by atoms with Gasteiger partial charge in [0.15, 0.2) is 5.82 Å². The molecule has 1 aromatic carbocycles. The summed E-state index contributed by atoms with van der Waals surface area (Å²) in [6.45, 7) is 6.05. The molecular formula is C17H19N5O2. The van der Waals surface area contributed by atoms with Crippen LogP contribution in [0.2, 0.25) is 0 Å². The second kappa shape index (κ2) is 6.81. The number of nitrogens with zero attached hydrogens (tertiary/aromatic N) is 5. The van der Waals surface area contributed by atoms with Crippen molar-refractivity contribution in [1.82, 2.24) is 19.7 Å². The zero-order chi connectivity index (χ0) is 17.1. The average molecular weight is 325 g/mol. The van der Waals surface area contributed by atoms with Crippen LogP contribution in [-0.4, -0.2) is 45.3 Å².